The summed E-state index contributed by atoms with van der Waals surface area (Å²) in [5.41, 5.74) is 2.14. The molecule has 1 aromatic carbocycles. The molecule has 0 aromatic heterocycles. The second kappa shape index (κ2) is 6.49. The van der Waals surface area contributed by atoms with Crippen molar-refractivity contribution in [1.82, 2.24) is 5.32 Å². The lowest BCUT2D eigenvalue weighted by atomic mass is 10.1. The molecule has 1 atom stereocenters. The van der Waals surface area contributed by atoms with E-state index < -0.39 is 0 Å². The van der Waals surface area contributed by atoms with Gasteiger partial charge < -0.3 is 15.3 Å². The highest BCUT2D eigenvalue weighted by Crippen LogP contribution is 2.35. The first-order valence-corrected chi connectivity index (χ1v) is 7.85. The van der Waals surface area contributed by atoms with Crippen LogP contribution in [0.1, 0.15) is 52.1 Å². The Morgan fingerprint density at radius 2 is 2.00 bits per heavy atom. The summed E-state index contributed by atoms with van der Waals surface area (Å²) in [6, 6.07) is 7.02. The van der Waals surface area contributed by atoms with Crippen LogP contribution in [0, 0.1) is 5.92 Å². The molecule has 0 bridgehead atoms. The number of aromatic hydroxyl groups is 1. The van der Waals surface area contributed by atoms with Gasteiger partial charge in [0.2, 0.25) is 0 Å². The minimum atomic E-state index is 0.188. The van der Waals surface area contributed by atoms with Crippen molar-refractivity contribution in [1.29, 1.82) is 0 Å². The Labute approximate surface area is 123 Å². The summed E-state index contributed by atoms with van der Waals surface area (Å²) in [5.74, 6) is 1.04. The van der Waals surface area contributed by atoms with Gasteiger partial charge in [-0.2, -0.15) is 0 Å². The molecule has 1 unspecified atom stereocenters. The van der Waals surface area contributed by atoms with E-state index in [9.17, 15) is 5.11 Å². The molecule has 1 fully saturated rings. The molecule has 0 radical (unpaired) electrons. The molecule has 2 N–H and O–H groups in total. The number of phenols is 1. The van der Waals surface area contributed by atoms with Crippen LogP contribution in [0.15, 0.2) is 18.2 Å². The summed E-state index contributed by atoms with van der Waals surface area (Å²) in [6.07, 6.45) is 2.56. The van der Waals surface area contributed by atoms with Crippen LogP contribution in [-0.2, 0) is 0 Å². The third-order valence-electron chi connectivity index (χ3n) is 3.87. The molecular weight excluding hydrogens is 248 g/mol. The van der Waals surface area contributed by atoms with Crippen molar-refractivity contribution in [3.05, 3.63) is 23.8 Å². The van der Waals surface area contributed by atoms with Crippen LogP contribution in [0.25, 0.3) is 0 Å². The second-order valence-corrected chi connectivity index (χ2v) is 6.30. The molecule has 0 amide bonds. The van der Waals surface area contributed by atoms with Crippen LogP contribution in [-0.4, -0.2) is 24.2 Å². The van der Waals surface area contributed by atoms with Gasteiger partial charge in [0.05, 0.1) is 0 Å². The van der Waals surface area contributed by atoms with Crippen molar-refractivity contribution in [2.75, 3.05) is 18.0 Å². The number of rotatable bonds is 7. The summed E-state index contributed by atoms with van der Waals surface area (Å²) in [7, 11) is 0. The molecule has 112 valence electrons. The fourth-order valence-electron chi connectivity index (χ4n) is 2.74. The van der Waals surface area contributed by atoms with E-state index in [-0.39, 0.29) is 6.04 Å². The number of nitrogens with one attached hydrogen (secondary N) is 1. The number of phenolic OH excluding ortho intramolecular Hbond substituents is 1. The highest BCUT2D eigenvalue weighted by atomic mass is 16.3. The molecule has 1 aliphatic carbocycles. The van der Waals surface area contributed by atoms with E-state index in [4.69, 9.17) is 0 Å². The lowest BCUT2D eigenvalue weighted by Crippen LogP contribution is -2.29. The molecule has 3 heteroatoms. The van der Waals surface area contributed by atoms with Gasteiger partial charge in [-0.1, -0.05) is 26.8 Å². The fourth-order valence-corrected chi connectivity index (χ4v) is 2.74. The smallest absolute Gasteiger partial charge is 0.122 e. The summed E-state index contributed by atoms with van der Waals surface area (Å²) in [4.78, 5) is 2.45. The Hall–Kier alpha value is -1.22. The standard InChI is InChI=1S/C17H28N2O/c1-5-18-13(4)16-9-8-15(10-17(16)20)19(11-12(2)3)14-6-7-14/h8-10,12-14,18,20H,5-7,11H2,1-4H3. The van der Waals surface area contributed by atoms with Crippen molar-refractivity contribution in [2.24, 2.45) is 5.92 Å². The first kappa shape index (κ1) is 15.2. The predicted octanol–water partition coefficient (Wildman–Crippen LogP) is 3.69. The van der Waals surface area contributed by atoms with Crippen LogP contribution < -0.4 is 10.2 Å². The fraction of sp³-hybridized carbons (Fsp3) is 0.647. The first-order chi connectivity index (χ1) is 9.52. The Balaban J connectivity index is 2.18. The highest BCUT2D eigenvalue weighted by molar-refractivity contribution is 5.55. The van der Waals surface area contributed by atoms with Crippen molar-refractivity contribution in [2.45, 2.75) is 52.6 Å². The van der Waals surface area contributed by atoms with Gasteiger partial charge in [0.25, 0.3) is 0 Å². The van der Waals surface area contributed by atoms with E-state index in [1.54, 1.807) is 0 Å². The Morgan fingerprint density at radius 1 is 1.30 bits per heavy atom. The largest absolute Gasteiger partial charge is 0.508 e. The van der Waals surface area contributed by atoms with Gasteiger partial charge >= 0.3 is 0 Å². The van der Waals surface area contributed by atoms with E-state index in [2.05, 4.69) is 50.0 Å². The van der Waals surface area contributed by atoms with Crippen LogP contribution in [0.4, 0.5) is 5.69 Å². The maximum atomic E-state index is 10.3. The number of hydrogen-bond acceptors (Lipinski definition) is 3. The highest BCUT2D eigenvalue weighted by Gasteiger charge is 2.30. The van der Waals surface area contributed by atoms with Crippen molar-refractivity contribution in [3.63, 3.8) is 0 Å². The Kier molecular flexibility index (Phi) is 4.92. The quantitative estimate of drug-likeness (QED) is 0.797. The number of anilines is 1. The van der Waals surface area contributed by atoms with Crippen LogP contribution >= 0.6 is 0 Å². The summed E-state index contributed by atoms with van der Waals surface area (Å²) < 4.78 is 0. The molecule has 0 spiro atoms. The van der Waals surface area contributed by atoms with Crippen molar-refractivity contribution < 1.29 is 5.11 Å². The predicted molar refractivity (Wildman–Crippen MR) is 85.4 cm³/mol. The summed E-state index contributed by atoms with van der Waals surface area (Å²) >= 11 is 0. The lowest BCUT2D eigenvalue weighted by molar-refractivity contribution is 0.454. The zero-order valence-electron chi connectivity index (χ0n) is 13.2. The topological polar surface area (TPSA) is 35.5 Å². The zero-order chi connectivity index (χ0) is 14.7. The van der Waals surface area contributed by atoms with Gasteiger partial charge in [-0.15, -0.1) is 0 Å². The Morgan fingerprint density at radius 3 is 2.50 bits per heavy atom. The monoisotopic (exact) mass is 276 g/mol. The van der Waals surface area contributed by atoms with E-state index in [0.29, 0.717) is 17.7 Å². The molecule has 1 saturated carbocycles. The molecule has 20 heavy (non-hydrogen) atoms. The van der Waals surface area contributed by atoms with E-state index in [0.717, 1.165) is 24.3 Å². The van der Waals surface area contributed by atoms with Crippen molar-refractivity contribution >= 4 is 5.69 Å². The normalized spacial score (nSPS) is 16.4. The first-order valence-electron chi connectivity index (χ1n) is 7.85. The summed E-state index contributed by atoms with van der Waals surface area (Å²) in [6.45, 7) is 10.6. The van der Waals surface area contributed by atoms with Gasteiger partial charge in [0.15, 0.2) is 0 Å². The van der Waals surface area contributed by atoms with E-state index in [1.165, 1.54) is 12.8 Å². The minimum absolute atomic E-state index is 0.188. The average molecular weight is 276 g/mol. The van der Waals surface area contributed by atoms with Gasteiger partial charge in [0.1, 0.15) is 5.75 Å². The van der Waals surface area contributed by atoms with Crippen LogP contribution in [0.5, 0.6) is 5.75 Å². The van der Waals surface area contributed by atoms with Crippen LogP contribution in [0.3, 0.4) is 0 Å². The van der Waals surface area contributed by atoms with E-state index >= 15 is 0 Å². The molecule has 1 aromatic rings. The maximum Gasteiger partial charge on any atom is 0.122 e. The Bertz CT molecular complexity index is 441. The molecular formula is C17H28N2O. The van der Waals surface area contributed by atoms with Gasteiger partial charge in [-0.3, -0.25) is 0 Å². The molecule has 0 aliphatic heterocycles. The zero-order valence-corrected chi connectivity index (χ0v) is 13.2. The molecule has 0 saturated heterocycles. The third-order valence-corrected chi connectivity index (χ3v) is 3.87. The molecule has 0 heterocycles. The van der Waals surface area contributed by atoms with Gasteiger partial charge in [-0.25, -0.2) is 0 Å². The molecule has 1 aliphatic rings. The SMILES string of the molecule is CCNC(C)c1ccc(N(CC(C)C)C2CC2)cc1O. The maximum absolute atomic E-state index is 10.3. The lowest BCUT2D eigenvalue weighted by Gasteiger charge is -2.27. The van der Waals surface area contributed by atoms with Gasteiger partial charge in [-0.05, 0) is 38.3 Å². The van der Waals surface area contributed by atoms with E-state index in [1.807, 2.05) is 6.07 Å². The third kappa shape index (κ3) is 3.66. The average Bonchev–Trinajstić information content (AvgIpc) is 3.20. The molecule has 3 nitrogen and oxygen atoms in total. The van der Waals surface area contributed by atoms with Crippen LogP contribution in [0.2, 0.25) is 0 Å². The second-order valence-electron chi connectivity index (χ2n) is 6.30. The number of nitrogens with zero attached hydrogens (tertiary/aromatic N) is 1. The minimum Gasteiger partial charge on any atom is -0.508 e. The number of benzene rings is 1. The van der Waals surface area contributed by atoms with Crippen molar-refractivity contribution in [3.8, 4) is 5.75 Å². The molecule has 2 rings (SSSR count). The number of hydrogen-bond donors (Lipinski definition) is 2. The summed E-state index contributed by atoms with van der Waals surface area (Å²) in [5, 5.41) is 13.7. The van der Waals surface area contributed by atoms with Gasteiger partial charge in [0, 0.05) is 35.9 Å².